The molecule has 0 amide bonds. The predicted octanol–water partition coefficient (Wildman–Crippen LogP) is 22.8. The molecule has 0 saturated heterocycles. The summed E-state index contributed by atoms with van der Waals surface area (Å²) in [4.78, 5) is 72.9. The minimum Gasteiger partial charge on any atom is -0.462 e. The first-order valence-electron chi connectivity index (χ1n) is 39.5. The number of ether oxygens (including phenoxy) is 4. The van der Waals surface area contributed by atoms with Crippen molar-refractivity contribution in [3.8, 4) is 0 Å². The third-order valence-corrected chi connectivity index (χ3v) is 18.5. The number of esters is 4. The number of carbonyl (C=O) groups is 4. The van der Waals surface area contributed by atoms with E-state index < -0.39 is 97.5 Å². The highest BCUT2D eigenvalue weighted by Crippen LogP contribution is 2.45. The third-order valence-electron chi connectivity index (χ3n) is 16.6. The quantitative estimate of drug-likeness (QED) is 0.0169. The van der Waals surface area contributed by atoms with Crippen molar-refractivity contribution in [1.82, 2.24) is 0 Å². The lowest BCUT2D eigenvalue weighted by atomic mass is 10.0. The normalized spacial score (nSPS) is 14.4. The lowest BCUT2D eigenvalue weighted by Crippen LogP contribution is -2.30. The molecule has 0 fully saturated rings. The molecule has 0 bridgehead atoms. The van der Waals surface area contributed by atoms with E-state index in [4.69, 9.17) is 37.0 Å². The van der Waals surface area contributed by atoms with Crippen LogP contribution in [0.15, 0.2) is 97.2 Å². The van der Waals surface area contributed by atoms with Crippen molar-refractivity contribution >= 4 is 39.5 Å². The van der Waals surface area contributed by atoms with Crippen molar-refractivity contribution in [3.05, 3.63) is 97.2 Å². The molecule has 100 heavy (non-hydrogen) atoms. The molecule has 19 heteroatoms. The van der Waals surface area contributed by atoms with Crippen LogP contribution in [-0.4, -0.2) is 96.7 Å². The second kappa shape index (κ2) is 73.3. The Morgan fingerprint density at radius 3 is 0.860 bits per heavy atom. The molecule has 17 nitrogen and oxygen atoms in total. The highest BCUT2D eigenvalue weighted by molar-refractivity contribution is 7.47. The van der Waals surface area contributed by atoms with Gasteiger partial charge in [-0.15, -0.1) is 0 Å². The molecule has 0 aliphatic rings. The van der Waals surface area contributed by atoms with Crippen LogP contribution in [0.25, 0.3) is 0 Å². The number of aliphatic hydroxyl groups excluding tert-OH is 1. The average molecular weight is 1450 g/mol. The van der Waals surface area contributed by atoms with E-state index in [-0.39, 0.29) is 25.7 Å². The van der Waals surface area contributed by atoms with Crippen molar-refractivity contribution in [3.63, 3.8) is 0 Å². The summed E-state index contributed by atoms with van der Waals surface area (Å²) in [5.41, 5.74) is 0. The minimum absolute atomic E-state index is 0.0851. The number of aliphatic hydroxyl groups is 1. The van der Waals surface area contributed by atoms with Crippen molar-refractivity contribution < 1.29 is 80.2 Å². The van der Waals surface area contributed by atoms with Gasteiger partial charge in [0.25, 0.3) is 0 Å². The van der Waals surface area contributed by atoms with E-state index in [1.165, 1.54) is 109 Å². The highest BCUT2D eigenvalue weighted by Gasteiger charge is 2.30. The summed E-state index contributed by atoms with van der Waals surface area (Å²) in [6, 6.07) is 0. The van der Waals surface area contributed by atoms with Crippen molar-refractivity contribution in [1.29, 1.82) is 0 Å². The lowest BCUT2D eigenvalue weighted by molar-refractivity contribution is -0.161. The fraction of sp³-hybridized carbons (Fsp3) is 0.753. The largest absolute Gasteiger partial charge is 0.472 e. The fourth-order valence-electron chi connectivity index (χ4n) is 10.6. The Morgan fingerprint density at radius 2 is 0.530 bits per heavy atom. The van der Waals surface area contributed by atoms with Crippen LogP contribution in [-0.2, 0) is 65.4 Å². The molecular formula is C81H142O17P2. The molecule has 0 aromatic rings. The van der Waals surface area contributed by atoms with Gasteiger partial charge in [0.05, 0.1) is 26.4 Å². The molecule has 0 spiro atoms. The Labute approximate surface area is 607 Å². The van der Waals surface area contributed by atoms with Gasteiger partial charge in [0.1, 0.15) is 19.3 Å². The van der Waals surface area contributed by atoms with E-state index in [0.29, 0.717) is 32.1 Å². The molecule has 0 aromatic heterocycles. The number of rotatable bonds is 74. The van der Waals surface area contributed by atoms with Crippen LogP contribution < -0.4 is 0 Å². The van der Waals surface area contributed by atoms with Crippen LogP contribution in [0.3, 0.4) is 0 Å². The number of phosphoric acid groups is 2. The first-order chi connectivity index (χ1) is 48.7. The van der Waals surface area contributed by atoms with E-state index in [0.717, 1.165) is 141 Å². The summed E-state index contributed by atoms with van der Waals surface area (Å²) < 4.78 is 68.5. The van der Waals surface area contributed by atoms with Crippen molar-refractivity contribution in [2.24, 2.45) is 0 Å². The fourth-order valence-corrected chi connectivity index (χ4v) is 12.1. The maximum absolute atomic E-state index is 13.1. The van der Waals surface area contributed by atoms with Crippen LogP contribution >= 0.6 is 15.6 Å². The van der Waals surface area contributed by atoms with Gasteiger partial charge < -0.3 is 33.8 Å². The second-order valence-corrected chi connectivity index (χ2v) is 29.2. The zero-order valence-electron chi connectivity index (χ0n) is 63.1. The number of allylic oxidation sites excluding steroid dienone is 16. The molecule has 0 radical (unpaired) electrons. The summed E-state index contributed by atoms with van der Waals surface area (Å²) >= 11 is 0. The van der Waals surface area contributed by atoms with Gasteiger partial charge in [-0.1, -0.05) is 305 Å². The molecule has 0 aliphatic heterocycles. The van der Waals surface area contributed by atoms with Gasteiger partial charge in [0, 0.05) is 25.7 Å². The summed E-state index contributed by atoms with van der Waals surface area (Å²) in [5, 5.41) is 10.6. The van der Waals surface area contributed by atoms with E-state index >= 15 is 0 Å². The van der Waals surface area contributed by atoms with Crippen molar-refractivity contribution in [2.75, 3.05) is 39.6 Å². The molecule has 5 atom stereocenters. The molecule has 578 valence electrons. The smallest absolute Gasteiger partial charge is 0.462 e. The summed E-state index contributed by atoms with van der Waals surface area (Å²) in [6.07, 6.45) is 76.8. The van der Waals surface area contributed by atoms with Gasteiger partial charge in [0.2, 0.25) is 0 Å². The number of hydrogen-bond donors (Lipinski definition) is 3. The molecule has 0 aliphatic carbocycles. The summed E-state index contributed by atoms with van der Waals surface area (Å²) in [7, 11) is -9.96. The molecule has 0 rings (SSSR count). The van der Waals surface area contributed by atoms with Crippen LogP contribution in [0.4, 0.5) is 0 Å². The molecule has 0 aromatic carbocycles. The van der Waals surface area contributed by atoms with Crippen molar-refractivity contribution in [2.45, 2.75) is 354 Å². The number of carbonyl (C=O) groups excluding carboxylic acids is 4. The summed E-state index contributed by atoms with van der Waals surface area (Å²) in [5.74, 6) is -2.24. The Morgan fingerprint density at radius 1 is 0.290 bits per heavy atom. The van der Waals surface area contributed by atoms with Crippen LogP contribution in [0, 0.1) is 0 Å². The molecule has 0 heterocycles. The number of hydrogen-bond acceptors (Lipinski definition) is 15. The van der Waals surface area contributed by atoms with E-state index in [9.17, 15) is 43.2 Å². The standard InChI is InChI=1S/C81H142O17P2/c1-5-9-13-17-21-25-29-32-34-36-37-39-41-44-47-50-54-58-62-66-79(84)92-72-77(98-81(86)68-64-60-56-52-48-42-31-27-23-19-15-11-7-3)74-96-100(89,90)94-70-75(82)69-93-99(87,88)95-73-76(97-80(85)67-63-59-55-51-45-28-24-20-16-12-8-4)71-91-78(83)65-61-57-53-49-46-43-40-38-35-33-30-26-22-18-14-10-6-2/h10,14,21-22,25-26,32-35,37,39-40,43,49,53,75-77,82H,5-9,11-13,15-20,23-24,27-31,36,38,41-42,44-48,50-52,54-74H2,1-4H3,(H,87,88)(H,89,90)/b14-10-,25-21-,26-22-,34-32-,35-33-,39-37-,43-40-,53-49-. The van der Waals surface area contributed by atoms with E-state index in [1.807, 2.05) is 12.2 Å². The highest BCUT2D eigenvalue weighted by atomic mass is 31.2. The monoisotopic (exact) mass is 1450 g/mol. The van der Waals surface area contributed by atoms with Crippen LogP contribution in [0.2, 0.25) is 0 Å². The topological polar surface area (TPSA) is 237 Å². The third kappa shape index (κ3) is 72.3. The zero-order chi connectivity index (χ0) is 73.2. The van der Waals surface area contributed by atoms with Gasteiger partial charge in [0.15, 0.2) is 12.2 Å². The zero-order valence-corrected chi connectivity index (χ0v) is 64.9. The second-order valence-electron chi connectivity index (χ2n) is 26.3. The van der Waals surface area contributed by atoms with Gasteiger partial charge in [-0.2, -0.15) is 0 Å². The van der Waals surface area contributed by atoms with Gasteiger partial charge >= 0.3 is 39.5 Å². The van der Waals surface area contributed by atoms with E-state index in [1.54, 1.807) is 0 Å². The first-order valence-corrected chi connectivity index (χ1v) is 42.5. The van der Waals surface area contributed by atoms with Crippen LogP contribution in [0.1, 0.15) is 336 Å². The van der Waals surface area contributed by atoms with Gasteiger partial charge in [-0.05, 0) is 103 Å². The maximum atomic E-state index is 13.1. The Hall–Kier alpha value is -4.02. The predicted molar refractivity (Wildman–Crippen MR) is 409 cm³/mol. The van der Waals surface area contributed by atoms with Crippen LogP contribution in [0.5, 0.6) is 0 Å². The lowest BCUT2D eigenvalue weighted by Gasteiger charge is -2.21. The maximum Gasteiger partial charge on any atom is 0.472 e. The molecule has 0 saturated carbocycles. The molecule has 3 N–H and O–H groups in total. The average Bonchev–Trinajstić information content (AvgIpc) is 0.937. The number of unbranched alkanes of at least 4 members (excludes halogenated alkanes) is 32. The molecular weight excluding hydrogens is 1310 g/mol. The van der Waals surface area contributed by atoms with E-state index in [2.05, 4.69) is 113 Å². The first kappa shape index (κ1) is 96.0. The van der Waals surface area contributed by atoms with Gasteiger partial charge in [-0.3, -0.25) is 37.3 Å². The Kier molecular flexibility index (Phi) is 70.4. The number of phosphoric ester groups is 2. The Balaban J connectivity index is 5.34. The molecule has 5 unspecified atom stereocenters. The Bertz CT molecular complexity index is 2270. The summed E-state index contributed by atoms with van der Waals surface area (Å²) in [6.45, 7) is 4.68. The minimum atomic E-state index is -4.98. The van der Waals surface area contributed by atoms with Gasteiger partial charge in [-0.25, -0.2) is 9.13 Å². The SMILES string of the molecule is CC/C=C\C/C=C\C/C=C\C/C=C\C/C=C\CCCC(=O)OCC(COP(=O)(O)OCC(O)COP(=O)(O)OCC(COC(=O)CCCCCCCC/C=C\C/C=C\C/C=C\CCCCC)OC(=O)CCCCCCCCCCCCCCC)OC(=O)CCCCCCCCCCCCC.